The second kappa shape index (κ2) is 8.39. The molecule has 0 spiro atoms. The van der Waals surface area contributed by atoms with Crippen LogP contribution in [0, 0.1) is 0 Å². The monoisotopic (exact) mass is 408 g/mol. The number of alkyl halides is 3. The number of halogens is 3. The molecular weight excluding hydrogens is 393 g/mol. The van der Waals surface area contributed by atoms with Gasteiger partial charge in [-0.15, -0.1) is 0 Å². The smallest absolute Gasteiger partial charge is 0.446 e. The Morgan fingerprint density at radius 3 is 2.50 bits per heavy atom. The number of cyclic esters (lactones) is 1. The highest BCUT2D eigenvalue weighted by atomic mass is 32.2. The number of amides is 2. The molecule has 3 rings (SSSR count). The van der Waals surface area contributed by atoms with Gasteiger partial charge < -0.3 is 10.1 Å². The predicted molar refractivity (Wildman–Crippen MR) is 101 cm³/mol. The molecule has 0 radical (unpaired) electrons. The summed E-state index contributed by atoms with van der Waals surface area (Å²) in [5.74, 6) is -0.436. The van der Waals surface area contributed by atoms with Crippen LogP contribution in [0.3, 0.4) is 0 Å². The highest BCUT2D eigenvalue weighted by Crippen LogP contribution is 2.36. The maximum atomic E-state index is 12.3. The van der Waals surface area contributed by atoms with Crippen molar-refractivity contribution in [2.75, 3.05) is 23.4 Å². The Labute approximate surface area is 163 Å². The third kappa shape index (κ3) is 5.29. The average Bonchev–Trinajstić information content (AvgIpc) is 3.06. The van der Waals surface area contributed by atoms with Crippen molar-refractivity contribution in [2.24, 2.45) is 0 Å². The lowest BCUT2D eigenvalue weighted by molar-refractivity contribution is -0.111. The Balaban J connectivity index is 1.65. The quantitative estimate of drug-likeness (QED) is 0.564. The number of carbonyl (C=O) groups is 2. The van der Waals surface area contributed by atoms with E-state index in [2.05, 4.69) is 5.32 Å². The van der Waals surface area contributed by atoms with Crippen LogP contribution in [0.1, 0.15) is 5.56 Å². The van der Waals surface area contributed by atoms with E-state index in [1.54, 1.807) is 24.3 Å². The summed E-state index contributed by atoms with van der Waals surface area (Å²) in [6, 6.07) is 12.5. The van der Waals surface area contributed by atoms with Gasteiger partial charge in [0.05, 0.1) is 17.9 Å². The fourth-order valence-corrected chi connectivity index (χ4v) is 3.09. The standard InChI is InChI=1S/C19H15F3N2O3S/c20-19(21,22)28-14-8-5-13(6-9-14)7-10-17(25)23-15-3-1-2-4-16(15)24-11-12-27-18(24)26/h1-10H,11-12H2,(H,23,25)/b10-7+. The maximum Gasteiger partial charge on any atom is 0.446 e. The number of hydrogen-bond donors (Lipinski definition) is 1. The van der Waals surface area contributed by atoms with Crippen LogP contribution in [0.5, 0.6) is 0 Å². The number of nitrogens with one attached hydrogen (secondary N) is 1. The predicted octanol–water partition coefficient (Wildman–Crippen LogP) is 4.91. The first-order chi connectivity index (χ1) is 13.3. The summed E-state index contributed by atoms with van der Waals surface area (Å²) in [5, 5.41) is 2.69. The molecule has 0 aromatic heterocycles. The Kier molecular flexibility index (Phi) is 5.93. The zero-order valence-electron chi connectivity index (χ0n) is 14.4. The minimum atomic E-state index is -4.34. The number of carbonyl (C=O) groups excluding carboxylic acids is 2. The molecule has 0 saturated carbocycles. The van der Waals surface area contributed by atoms with Crippen LogP contribution >= 0.6 is 11.8 Å². The van der Waals surface area contributed by atoms with Gasteiger partial charge in [0.2, 0.25) is 5.91 Å². The summed E-state index contributed by atoms with van der Waals surface area (Å²) >= 11 is -0.196. The molecule has 0 unspecified atom stereocenters. The molecule has 0 aliphatic carbocycles. The van der Waals surface area contributed by atoms with Gasteiger partial charge in [0.25, 0.3) is 0 Å². The van der Waals surface area contributed by atoms with Gasteiger partial charge in [-0.3, -0.25) is 9.69 Å². The van der Waals surface area contributed by atoms with Crippen molar-refractivity contribution < 1.29 is 27.5 Å². The van der Waals surface area contributed by atoms with Crippen molar-refractivity contribution >= 4 is 41.2 Å². The Morgan fingerprint density at radius 1 is 1.14 bits per heavy atom. The second-order valence-corrected chi connectivity index (χ2v) is 6.86. The summed E-state index contributed by atoms with van der Waals surface area (Å²) in [5.41, 5.74) is -2.78. The van der Waals surface area contributed by atoms with Crippen molar-refractivity contribution in [3.8, 4) is 0 Å². The Bertz CT molecular complexity index is 898. The third-order valence-electron chi connectivity index (χ3n) is 3.75. The van der Waals surface area contributed by atoms with E-state index in [4.69, 9.17) is 4.74 Å². The van der Waals surface area contributed by atoms with Gasteiger partial charge in [0.1, 0.15) is 6.61 Å². The van der Waals surface area contributed by atoms with E-state index in [1.807, 2.05) is 0 Å². The van der Waals surface area contributed by atoms with Gasteiger partial charge >= 0.3 is 11.6 Å². The lowest BCUT2D eigenvalue weighted by Crippen LogP contribution is -2.25. The zero-order valence-corrected chi connectivity index (χ0v) is 15.2. The number of para-hydroxylation sites is 2. The first-order valence-corrected chi connectivity index (χ1v) is 9.02. The number of hydrogen-bond acceptors (Lipinski definition) is 4. The van der Waals surface area contributed by atoms with Crippen LogP contribution < -0.4 is 10.2 Å². The molecule has 1 heterocycles. The van der Waals surface area contributed by atoms with Crippen molar-refractivity contribution in [1.29, 1.82) is 0 Å². The topological polar surface area (TPSA) is 58.6 Å². The van der Waals surface area contributed by atoms with Crippen molar-refractivity contribution in [3.63, 3.8) is 0 Å². The molecule has 1 fully saturated rings. The van der Waals surface area contributed by atoms with Gasteiger partial charge in [-0.1, -0.05) is 24.3 Å². The first-order valence-electron chi connectivity index (χ1n) is 8.20. The van der Waals surface area contributed by atoms with Gasteiger partial charge in [-0.05, 0) is 47.7 Å². The van der Waals surface area contributed by atoms with Gasteiger partial charge in [-0.25, -0.2) is 4.79 Å². The molecule has 0 atom stereocenters. The number of nitrogens with zero attached hydrogens (tertiary/aromatic N) is 1. The molecule has 146 valence electrons. The summed E-state index contributed by atoms with van der Waals surface area (Å²) in [7, 11) is 0. The number of anilines is 2. The van der Waals surface area contributed by atoms with Crippen LogP contribution in [0.15, 0.2) is 59.5 Å². The maximum absolute atomic E-state index is 12.3. The first kappa shape index (κ1) is 19.8. The van der Waals surface area contributed by atoms with E-state index in [-0.39, 0.29) is 23.3 Å². The zero-order chi connectivity index (χ0) is 20.1. The van der Waals surface area contributed by atoms with Crippen molar-refractivity contribution in [1.82, 2.24) is 0 Å². The molecule has 1 saturated heterocycles. The number of thioether (sulfide) groups is 1. The molecular formula is C19H15F3N2O3S. The van der Waals surface area contributed by atoms with Crippen molar-refractivity contribution in [3.05, 3.63) is 60.2 Å². The Hall–Kier alpha value is -2.94. The van der Waals surface area contributed by atoms with Crippen LogP contribution in [-0.2, 0) is 9.53 Å². The summed E-state index contributed by atoms with van der Waals surface area (Å²) in [6.45, 7) is 0.674. The largest absolute Gasteiger partial charge is 0.447 e. The van der Waals surface area contributed by atoms with Gasteiger partial charge in [-0.2, -0.15) is 13.2 Å². The van der Waals surface area contributed by atoms with Crippen LogP contribution in [-0.4, -0.2) is 30.7 Å². The molecule has 9 heteroatoms. The summed E-state index contributed by atoms with van der Waals surface area (Å²) < 4.78 is 41.9. The fourth-order valence-electron chi connectivity index (χ4n) is 2.55. The number of ether oxygens (including phenoxy) is 1. The summed E-state index contributed by atoms with van der Waals surface area (Å²) in [6.07, 6.45) is 2.28. The molecule has 28 heavy (non-hydrogen) atoms. The normalized spacial score (nSPS) is 14.4. The minimum Gasteiger partial charge on any atom is -0.447 e. The molecule has 1 aliphatic heterocycles. The average molecular weight is 408 g/mol. The highest BCUT2D eigenvalue weighted by Gasteiger charge is 2.29. The summed E-state index contributed by atoms with van der Waals surface area (Å²) in [4.78, 5) is 25.4. The number of rotatable bonds is 5. The molecule has 2 amide bonds. The van der Waals surface area contributed by atoms with E-state index in [1.165, 1.54) is 41.3 Å². The second-order valence-electron chi connectivity index (χ2n) is 5.72. The fraction of sp³-hybridized carbons (Fsp3) is 0.158. The van der Waals surface area contributed by atoms with Crippen LogP contribution in [0.2, 0.25) is 0 Å². The van der Waals surface area contributed by atoms with Crippen LogP contribution in [0.25, 0.3) is 6.08 Å². The van der Waals surface area contributed by atoms with Crippen LogP contribution in [0.4, 0.5) is 29.3 Å². The lowest BCUT2D eigenvalue weighted by atomic mass is 10.2. The SMILES string of the molecule is O=C(/C=C/c1ccc(SC(F)(F)F)cc1)Nc1ccccc1N1CCOC1=O. The molecule has 1 aliphatic rings. The molecule has 2 aromatic rings. The van der Waals surface area contributed by atoms with E-state index in [0.717, 1.165) is 0 Å². The molecule has 1 N–H and O–H groups in total. The third-order valence-corrected chi connectivity index (χ3v) is 4.49. The van der Waals surface area contributed by atoms with E-state index >= 15 is 0 Å². The van der Waals surface area contributed by atoms with E-state index < -0.39 is 17.5 Å². The minimum absolute atomic E-state index is 0.0699. The Morgan fingerprint density at radius 2 is 1.86 bits per heavy atom. The molecule has 0 bridgehead atoms. The lowest BCUT2D eigenvalue weighted by Gasteiger charge is -2.17. The van der Waals surface area contributed by atoms with Crippen molar-refractivity contribution in [2.45, 2.75) is 10.4 Å². The molecule has 5 nitrogen and oxygen atoms in total. The number of benzene rings is 2. The highest BCUT2D eigenvalue weighted by molar-refractivity contribution is 8.00. The van der Waals surface area contributed by atoms with E-state index in [9.17, 15) is 22.8 Å². The van der Waals surface area contributed by atoms with Gasteiger partial charge in [0.15, 0.2) is 0 Å². The van der Waals surface area contributed by atoms with E-state index in [0.29, 0.717) is 23.5 Å². The molecule has 2 aromatic carbocycles. The van der Waals surface area contributed by atoms with Gasteiger partial charge in [0, 0.05) is 11.0 Å².